The minimum absolute atomic E-state index is 0.141. The lowest BCUT2D eigenvalue weighted by molar-refractivity contribution is -0.113. The Balaban J connectivity index is 1.46. The highest BCUT2D eigenvalue weighted by molar-refractivity contribution is 7.99. The quantitative estimate of drug-likeness (QED) is 0.433. The van der Waals surface area contributed by atoms with E-state index in [0.29, 0.717) is 17.4 Å². The first-order valence-electron chi connectivity index (χ1n) is 9.44. The molecule has 2 N–H and O–H groups in total. The monoisotopic (exact) mass is 421 g/mol. The second kappa shape index (κ2) is 9.11. The van der Waals surface area contributed by atoms with E-state index in [1.165, 1.54) is 23.9 Å². The minimum atomic E-state index is -0.300. The van der Waals surface area contributed by atoms with Gasteiger partial charge in [0.15, 0.2) is 5.16 Å². The van der Waals surface area contributed by atoms with E-state index in [-0.39, 0.29) is 24.1 Å². The number of carbonyl (C=O) groups is 1. The van der Waals surface area contributed by atoms with Crippen LogP contribution in [0.4, 0.5) is 10.1 Å². The van der Waals surface area contributed by atoms with Gasteiger partial charge in [0.1, 0.15) is 5.82 Å². The van der Waals surface area contributed by atoms with Crippen molar-refractivity contribution < 1.29 is 14.3 Å². The van der Waals surface area contributed by atoms with Gasteiger partial charge in [-0.15, -0.1) is 0 Å². The SMILES string of the molecule is O=C(CSc1ncc(CO)n1Cc1ccc(F)cc1)Nc1cccc2ccccc12. The van der Waals surface area contributed by atoms with Crippen LogP contribution in [-0.4, -0.2) is 26.3 Å². The summed E-state index contributed by atoms with van der Waals surface area (Å²) >= 11 is 1.29. The van der Waals surface area contributed by atoms with E-state index < -0.39 is 0 Å². The first kappa shape index (κ1) is 20.1. The summed E-state index contributed by atoms with van der Waals surface area (Å²) in [6, 6.07) is 19.9. The predicted molar refractivity (Wildman–Crippen MR) is 117 cm³/mol. The summed E-state index contributed by atoms with van der Waals surface area (Å²) < 4.78 is 15.0. The number of anilines is 1. The summed E-state index contributed by atoms with van der Waals surface area (Å²) in [4.78, 5) is 16.9. The second-order valence-electron chi connectivity index (χ2n) is 6.77. The Morgan fingerprint density at radius 1 is 1.07 bits per heavy atom. The average Bonchev–Trinajstić information content (AvgIpc) is 3.15. The Morgan fingerprint density at radius 2 is 1.83 bits per heavy atom. The average molecular weight is 421 g/mol. The van der Waals surface area contributed by atoms with Crippen LogP contribution < -0.4 is 5.32 Å². The van der Waals surface area contributed by atoms with Crippen LogP contribution in [0.3, 0.4) is 0 Å². The van der Waals surface area contributed by atoms with Crippen molar-refractivity contribution in [3.05, 3.63) is 90.0 Å². The number of imidazole rings is 1. The third-order valence-electron chi connectivity index (χ3n) is 4.71. The molecule has 1 heterocycles. The molecule has 1 amide bonds. The van der Waals surface area contributed by atoms with Crippen molar-refractivity contribution in [2.75, 3.05) is 11.1 Å². The number of rotatable bonds is 7. The minimum Gasteiger partial charge on any atom is -0.390 e. The predicted octanol–water partition coefficient (Wildman–Crippen LogP) is 4.45. The lowest BCUT2D eigenvalue weighted by Gasteiger charge is -2.12. The summed E-state index contributed by atoms with van der Waals surface area (Å²) in [5.74, 6) is -0.265. The van der Waals surface area contributed by atoms with Crippen molar-refractivity contribution >= 4 is 34.1 Å². The van der Waals surface area contributed by atoms with Gasteiger partial charge in [-0.2, -0.15) is 0 Å². The number of hydrogen-bond donors (Lipinski definition) is 2. The molecule has 0 aliphatic rings. The Morgan fingerprint density at radius 3 is 2.63 bits per heavy atom. The number of hydrogen-bond acceptors (Lipinski definition) is 4. The largest absolute Gasteiger partial charge is 0.390 e. The fourth-order valence-electron chi connectivity index (χ4n) is 3.23. The van der Waals surface area contributed by atoms with Gasteiger partial charge in [0.25, 0.3) is 0 Å². The highest BCUT2D eigenvalue weighted by Crippen LogP contribution is 2.24. The summed E-state index contributed by atoms with van der Waals surface area (Å²) in [7, 11) is 0. The molecule has 0 radical (unpaired) electrons. The van der Waals surface area contributed by atoms with Crippen LogP contribution in [0.25, 0.3) is 10.8 Å². The maximum Gasteiger partial charge on any atom is 0.234 e. The smallest absolute Gasteiger partial charge is 0.234 e. The van der Waals surface area contributed by atoms with E-state index in [9.17, 15) is 14.3 Å². The number of aliphatic hydroxyl groups is 1. The highest BCUT2D eigenvalue weighted by atomic mass is 32.2. The molecule has 4 aromatic rings. The van der Waals surface area contributed by atoms with Crippen molar-refractivity contribution in [1.82, 2.24) is 9.55 Å². The molecule has 0 aliphatic heterocycles. The molecular weight excluding hydrogens is 401 g/mol. The van der Waals surface area contributed by atoms with Gasteiger partial charge >= 0.3 is 0 Å². The number of aliphatic hydroxyl groups excluding tert-OH is 1. The van der Waals surface area contributed by atoms with E-state index >= 15 is 0 Å². The molecule has 5 nitrogen and oxygen atoms in total. The normalized spacial score (nSPS) is 11.0. The lowest BCUT2D eigenvalue weighted by Crippen LogP contribution is -2.15. The molecule has 152 valence electrons. The van der Waals surface area contributed by atoms with Gasteiger partial charge in [0, 0.05) is 17.6 Å². The summed E-state index contributed by atoms with van der Waals surface area (Å²) in [6.07, 6.45) is 1.59. The van der Waals surface area contributed by atoms with Crippen molar-refractivity contribution in [2.45, 2.75) is 18.3 Å². The zero-order valence-electron chi connectivity index (χ0n) is 16.1. The third-order valence-corrected chi connectivity index (χ3v) is 5.70. The molecule has 1 aromatic heterocycles. The third kappa shape index (κ3) is 4.53. The zero-order valence-corrected chi connectivity index (χ0v) is 16.9. The molecule has 30 heavy (non-hydrogen) atoms. The molecule has 0 fully saturated rings. The van der Waals surface area contributed by atoms with Crippen LogP contribution in [0.15, 0.2) is 78.1 Å². The van der Waals surface area contributed by atoms with E-state index in [2.05, 4.69) is 10.3 Å². The van der Waals surface area contributed by atoms with E-state index in [0.717, 1.165) is 22.0 Å². The molecule has 7 heteroatoms. The van der Waals surface area contributed by atoms with Gasteiger partial charge in [-0.05, 0) is 29.1 Å². The van der Waals surface area contributed by atoms with Crippen LogP contribution in [0, 0.1) is 5.82 Å². The van der Waals surface area contributed by atoms with Gasteiger partial charge in [-0.3, -0.25) is 4.79 Å². The molecule has 0 saturated heterocycles. The number of carbonyl (C=O) groups excluding carboxylic acids is 1. The molecule has 3 aromatic carbocycles. The van der Waals surface area contributed by atoms with E-state index in [4.69, 9.17) is 0 Å². The molecule has 4 rings (SSSR count). The number of halogens is 1. The number of nitrogens with zero attached hydrogens (tertiary/aromatic N) is 2. The number of aromatic nitrogens is 2. The molecular formula is C23H20FN3O2S. The van der Waals surface area contributed by atoms with Crippen LogP contribution in [0.2, 0.25) is 0 Å². The molecule has 0 unspecified atom stereocenters. The zero-order chi connectivity index (χ0) is 20.9. The second-order valence-corrected chi connectivity index (χ2v) is 7.71. The number of benzene rings is 3. The van der Waals surface area contributed by atoms with E-state index in [1.54, 1.807) is 18.3 Å². The lowest BCUT2D eigenvalue weighted by atomic mass is 10.1. The molecule has 0 bridgehead atoms. The van der Waals surface area contributed by atoms with Crippen molar-refractivity contribution in [3.8, 4) is 0 Å². The first-order chi connectivity index (χ1) is 14.6. The van der Waals surface area contributed by atoms with Gasteiger partial charge in [0.05, 0.1) is 24.3 Å². The molecule has 0 spiro atoms. The van der Waals surface area contributed by atoms with Crippen molar-refractivity contribution in [3.63, 3.8) is 0 Å². The van der Waals surface area contributed by atoms with Gasteiger partial charge < -0.3 is 15.0 Å². The van der Waals surface area contributed by atoms with Gasteiger partial charge in [0.2, 0.25) is 5.91 Å². The van der Waals surface area contributed by atoms with Crippen molar-refractivity contribution in [2.24, 2.45) is 0 Å². The van der Waals surface area contributed by atoms with Crippen LogP contribution in [-0.2, 0) is 17.9 Å². The Hall–Kier alpha value is -3.16. The van der Waals surface area contributed by atoms with Crippen LogP contribution in [0.5, 0.6) is 0 Å². The topological polar surface area (TPSA) is 67.1 Å². The highest BCUT2D eigenvalue weighted by Gasteiger charge is 2.13. The summed E-state index contributed by atoms with van der Waals surface area (Å²) in [5.41, 5.74) is 2.28. The number of nitrogens with one attached hydrogen (secondary N) is 1. The van der Waals surface area contributed by atoms with Crippen LogP contribution >= 0.6 is 11.8 Å². The van der Waals surface area contributed by atoms with Gasteiger partial charge in [-0.1, -0.05) is 60.3 Å². The number of fused-ring (bicyclic) bond motifs is 1. The summed E-state index contributed by atoms with van der Waals surface area (Å²) in [6.45, 7) is 0.264. The number of amides is 1. The maximum absolute atomic E-state index is 13.2. The molecule has 0 atom stereocenters. The Kier molecular flexibility index (Phi) is 6.11. The molecule has 0 saturated carbocycles. The first-order valence-corrected chi connectivity index (χ1v) is 10.4. The Bertz CT molecular complexity index is 1170. The van der Waals surface area contributed by atoms with Crippen molar-refractivity contribution in [1.29, 1.82) is 0 Å². The standard InChI is InChI=1S/C23H20FN3O2S/c24-18-10-8-16(9-11-18)13-27-19(14-28)12-25-23(27)30-15-22(29)26-21-7-3-5-17-4-1-2-6-20(17)21/h1-12,28H,13-15H2,(H,26,29). The van der Waals surface area contributed by atoms with E-state index in [1.807, 2.05) is 47.0 Å². The maximum atomic E-state index is 13.2. The van der Waals surface area contributed by atoms with Crippen LogP contribution in [0.1, 0.15) is 11.3 Å². The molecule has 0 aliphatic carbocycles. The fraction of sp³-hybridized carbons (Fsp3) is 0.130. The fourth-order valence-corrected chi connectivity index (χ4v) is 4.02. The summed E-state index contributed by atoms with van der Waals surface area (Å²) in [5, 5.41) is 15.2. The van der Waals surface area contributed by atoms with Gasteiger partial charge in [-0.25, -0.2) is 9.37 Å². The Labute approximate surface area is 177 Å². The number of thioether (sulfide) groups is 1.